The van der Waals surface area contributed by atoms with Gasteiger partial charge in [-0.15, -0.1) is 0 Å². The molecule has 40 nitrogen and oxygen atoms in total. The Balaban J connectivity index is 0. The maximum atomic E-state index is 12.7. The van der Waals surface area contributed by atoms with E-state index in [0.29, 0.717) is 0 Å². The molecule has 0 unspecified atom stereocenters. The van der Waals surface area contributed by atoms with Crippen molar-refractivity contribution in [3.05, 3.63) is 0 Å². The maximum Gasteiger partial charge on any atom is 3.00 e. The Morgan fingerprint density at radius 1 is 0.259 bits per heavy atom. The van der Waals surface area contributed by atoms with Crippen molar-refractivity contribution in [2.24, 2.45) is 0 Å². The van der Waals surface area contributed by atoms with E-state index in [1.54, 1.807) is 0 Å². The number of rotatable bonds is 24. The van der Waals surface area contributed by atoms with Crippen LogP contribution in [0.2, 0.25) is 0 Å². The summed E-state index contributed by atoms with van der Waals surface area (Å²) in [5.74, 6) is 0. The molecule has 0 aromatic rings. The Hall–Kier alpha value is 3.97. The van der Waals surface area contributed by atoms with Gasteiger partial charge in [-0.3, -0.25) is 0 Å². The van der Waals surface area contributed by atoms with Gasteiger partial charge in [0.25, 0.3) is 0 Å². The number of phosphoric acid groups is 1. The van der Waals surface area contributed by atoms with Crippen molar-refractivity contribution >= 4 is 34.0 Å². The van der Waals surface area contributed by atoms with Crippen molar-refractivity contribution in [1.29, 1.82) is 0 Å². The Labute approximate surface area is 353 Å². The smallest absolute Gasteiger partial charge is 3.00 e. The second-order valence-corrected chi connectivity index (χ2v) is 55.7. The first-order chi connectivity index (χ1) is 22.5. The maximum absolute atomic E-state index is 12.7. The van der Waals surface area contributed by atoms with Gasteiger partial charge in [-0.2, -0.15) is 0 Å². The fraction of sp³-hybridized carbons (Fsp3) is 0. The summed E-state index contributed by atoms with van der Waals surface area (Å²) in [5, 5.41) is 0. The van der Waals surface area contributed by atoms with Crippen LogP contribution in [0.25, 0.3) is 0 Å². The molecule has 0 aliphatic heterocycles. The summed E-state index contributed by atoms with van der Waals surface area (Å²) in [5.41, 5.74) is 0. The summed E-state index contributed by atoms with van der Waals surface area (Å²) in [6.45, 7) is 0. The van der Waals surface area contributed by atoms with E-state index in [9.17, 15) is 97.4 Å². The van der Waals surface area contributed by atoms with Crippen LogP contribution < -0.4 is 11.3 Å². The van der Waals surface area contributed by atoms with Crippen molar-refractivity contribution in [1.82, 2.24) is 0 Å². The van der Waals surface area contributed by atoms with Gasteiger partial charge >= 0.3 is 360 Å². The first-order valence-electron chi connectivity index (χ1n) is 8.73. The summed E-state index contributed by atoms with van der Waals surface area (Å²) in [6.07, 6.45) is 0. The van der Waals surface area contributed by atoms with Crippen LogP contribution >= 0.6 is 7.82 Å². The molecular weight excluding hydrogens is 2030 g/mol. The average molecular weight is 2030 g/mol. The summed E-state index contributed by atoms with van der Waals surface area (Å²) < 4.78 is 351. The molecule has 54 heavy (non-hydrogen) atoms. The molecule has 0 amide bonds. The van der Waals surface area contributed by atoms with Crippen molar-refractivity contribution in [3.63, 3.8) is 0 Å². The van der Waals surface area contributed by atoms with Crippen LogP contribution in [0.4, 0.5) is 0 Å². The molecule has 0 N–H and O–H groups in total. The third-order valence-electron chi connectivity index (χ3n) is 2.05. The minimum Gasteiger partial charge on any atom is 3.00 e. The SMILES string of the molecule is O=P([O][Mo](=[O])(=[O])[O][Mo](=[O])(=[O])[O][Mo](=[O])(=[O])[O][Mo](=[O])(=[O])[O-])([O][Mo](=[O])(=[O])[O][Mo](=[O])(=[O])[O][Mo](=[O])(=[O])[O][Mo](=[O])(=[O])[O-])[O][Mo](=[O])(=[O])[O][Mo](=[O])(=[O])[O][Mo](=[O])(=[O])[O][Mo](=[O])(=[O])[O-].[Bi+3]. The van der Waals surface area contributed by atoms with Crippen molar-refractivity contribution in [2.75, 3.05) is 0 Å². The molecular formula is BiMo12O40P. The Kier molecular flexibility index (Phi) is 22.5. The van der Waals surface area contributed by atoms with E-state index in [0.717, 1.165) is 0 Å². The molecule has 0 saturated heterocycles. The Morgan fingerprint density at radius 3 is 0.537 bits per heavy atom. The van der Waals surface area contributed by atoms with Gasteiger partial charge < -0.3 is 0 Å². The zero-order chi connectivity index (χ0) is 43.0. The molecule has 0 rings (SSSR count). The summed E-state index contributed by atoms with van der Waals surface area (Å²) in [4.78, 5) is 0. The molecule has 0 heterocycles. The van der Waals surface area contributed by atoms with Gasteiger partial charge in [0.2, 0.25) is 0 Å². The van der Waals surface area contributed by atoms with Gasteiger partial charge in [0, 0.05) is 0 Å². The second kappa shape index (κ2) is 20.2. The molecule has 0 saturated carbocycles. The predicted molar refractivity (Wildman–Crippen MR) is 42.9 cm³/mol. The topological polar surface area (TPSA) is 607 Å². The van der Waals surface area contributed by atoms with E-state index in [1.165, 1.54) is 0 Å². The molecule has 54 heteroatoms. The van der Waals surface area contributed by atoms with E-state index >= 15 is 0 Å². The fourth-order valence-corrected chi connectivity index (χ4v) is 60.0. The third-order valence-corrected chi connectivity index (χ3v) is 62.2. The van der Waals surface area contributed by atoms with Gasteiger partial charge in [0.05, 0.1) is 0 Å². The number of hydrogen-bond acceptors (Lipinski definition) is 40. The molecule has 0 bridgehead atoms. The van der Waals surface area contributed by atoms with Crippen LogP contribution in [0.1, 0.15) is 0 Å². The van der Waals surface area contributed by atoms with Crippen molar-refractivity contribution < 1.29 is 326 Å². The fourth-order valence-electron chi connectivity index (χ4n) is 1.40. The average Bonchev–Trinajstić information content (AvgIpc) is 2.58. The van der Waals surface area contributed by atoms with Crippen LogP contribution in [0, 0.1) is 0 Å². The van der Waals surface area contributed by atoms with Crippen LogP contribution in [0.5, 0.6) is 0 Å². The van der Waals surface area contributed by atoms with Gasteiger partial charge in [-0.05, 0) is 0 Å². The molecule has 322 valence electrons. The van der Waals surface area contributed by atoms with Gasteiger partial charge in [-0.25, -0.2) is 0 Å². The van der Waals surface area contributed by atoms with Crippen LogP contribution in [-0.2, 0) is 315 Å². The zero-order valence-electron chi connectivity index (χ0n) is 22.1. The Morgan fingerprint density at radius 2 is 0.389 bits per heavy atom. The van der Waals surface area contributed by atoms with Gasteiger partial charge in [0.1, 0.15) is 0 Å². The van der Waals surface area contributed by atoms with E-state index < -0.39 is 209 Å². The normalized spacial score (nSPS) is 15.3. The van der Waals surface area contributed by atoms with Crippen molar-refractivity contribution in [2.45, 2.75) is 0 Å². The number of hydrogen-bond donors (Lipinski definition) is 0. The zero-order valence-corrected chi connectivity index (χ0v) is 50.6. The second-order valence-electron chi connectivity index (χ2n) is 6.18. The van der Waals surface area contributed by atoms with E-state index in [1.807, 2.05) is 0 Å². The van der Waals surface area contributed by atoms with Crippen LogP contribution in [-0.4, -0.2) is 26.2 Å². The summed E-state index contributed by atoms with van der Waals surface area (Å²) >= 11 is -98.5. The van der Waals surface area contributed by atoms with Gasteiger partial charge in [0.15, 0.2) is 0 Å². The molecule has 0 aromatic heterocycles. The van der Waals surface area contributed by atoms with Crippen LogP contribution in [0.15, 0.2) is 0 Å². The largest absolute Gasteiger partial charge is 3.00 e. The predicted octanol–water partition coefficient (Wildman–Crippen LogP) is -6.91. The molecule has 0 atom stereocenters. The van der Waals surface area contributed by atoms with E-state index in [4.69, 9.17) is 0 Å². The molecule has 0 fully saturated rings. The molecule has 2 radical (unpaired) electrons. The van der Waals surface area contributed by atoms with Gasteiger partial charge in [-0.1, -0.05) is 0 Å². The molecule has 0 aromatic carbocycles. The quantitative estimate of drug-likeness (QED) is 0.0640. The third kappa shape index (κ3) is 29.3. The minimum absolute atomic E-state index is 0. The Bertz CT molecular complexity index is 2510. The molecule has 0 aliphatic rings. The van der Waals surface area contributed by atoms with E-state index in [-0.39, 0.29) is 26.2 Å². The van der Waals surface area contributed by atoms with E-state index in [2.05, 4.69) is 27.9 Å². The summed E-state index contributed by atoms with van der Waals surface area (Å²) in [7, 11) is -7.94. The first-order valence-corrected chi connectivity index (χ1v) is 49.5. The molecule has 0 spiro atoms. The molecule has 0 aliphatic carbocycles. The minimum atomic E-state index is -8.82. The van der Waals surface area contributed by atoms with Crippen LogP contribution in [0.3, 0.4) is 0 Å². The summed E-state index contributed by atoms with van der Waals surface area (Å²) in [6, 6.07) is 0. The first kappa shape index (κ1) is 60.1. The standard InChI is InChI=1S/Bi.12Mo.H3O4P.36O/c;;;;;;;;;;;;;1-5(2,3)4;;;;;;;;;;;;;;;;;;;;;;;;;;;;;;;;;;;;/h;;;;;;;;;;;;;(H3,1,2,3,4);;;;;;;;;;;;;;;;;;;;;;;;;;;;;;;;;;;;/q+3;;;;;;;;;;3*+1;;;;;;;;;;;;;;;;;;;;;;;;;;;;;;;;;;;3*-1/p-3. The monoisotopic (exact) mass is 2050 g/mol. The van der Waals surface area contributed by atoms with Crippen molar-refractivity contribution in [3.8, 4) is 0 Å².